The molecule has 0 aliphatic carbocycles. The van der Waals surface area contributed by atoms with Crippen molar-refractivity contribution in [1.29, 1.82) is 0 Å². The molecular weight excluding hydrogens is 258 g/mol. The van der Waals surface area contributed by atoms with Crippen LogP contribution in [0.2, 0.25) is 0 Å². The molecule has 1 aromatic rings. The molecule has 1 atom stereocenters. The van der Waals surface area contributed by atoms with Gasteiger partial charge >= 0.3 is 5.97 Å². The first-order valence-electron chi connectivity index (χ1n) is 6.54. The fourth-order valence-corrected chi connectivity index (χ4v) is 2.35. The SMILES string of the molecule is CN1CCN(c2ccccc2C(N)CC(=O)O)CC1=O. The number of hydrogen-bond acceptors (Lipinski definition) is 4. The molecule has 1 heterocycles. The van der Waals surface area contributed by atoms with Crippen LogP contribution in [-0.4, -0.2) is 48.6 Å². The number of carboxylic acid groups (broad SMARTS) is 1. The minimum absolute atomic E-state index is 0.0536. The zero-order valence-electron chi connectivity index (χ0n) is 11.5. The quantitative estimate of drug-likeness (QED) is 0.834. The molecule has 1 aromatic carbocycles. The van der Waals surface area contributed by atoms with Crippen molar-refractivity contribution < 1.29 is 14.7 Å². The van der Waals surface area contributed by atoms with Crippen molar-refractivity contribution in [3.05, 3.63) is 29.8 Å². The van der Waals surface area contributed by atoms with Crippen molar-refractivity contribution in [3.8, 4) is 0 Å². The van der Waals surface area contributed by atoms with Gasteiger partial charge in [-0.3, -0.25) is 9.59 Å². The number of rotatable bonds is 4. The summed E-state index contributed by atoms with van der Waals surface area (Å²) >= 11 is 0. The van der Waals surface area contributed by atoms with E-state index in [0.29, 0.717) is 13.1 Å². The average Bonchev–Trinajstić information content (AvgIpc) is 2.41. The molecule has 0 spiro atoms. The molecule has 1 aliphatic heterocycles. The van der Waals surface area contributed by atoms with E-state index < -0.39 is 12.0 Å². The van der Waals surface area contributed by atoms with E-state index in [4.69, 9.17) is 10.8 Å². The van der Waals surface area contributed by atoms with Crippen LogP contribution in [0.15, 0.2) is 24.3 Å². The number of aliphatic carboxylic acids is 1. The molecule has 1 unspecified atom stereocenters. The normalized spacial score (nSPS) is 17.2. The summed E-state index contributed by atoms with van der Waals surface area (Å²) in [6.07, 6.45) is -0.126. The highest BCUT2D eigenvalue weighted by Crippen LogP contribution is 2.27. The zero-order chi connectivity index (χ0) is 14.7. The third-order valence-corrected chi connectivity index (χ3v) is 3.53. The molecule has 2 rings (SSSR count). The van der Waals surface area contributed by atoms with Gasteiger partial charge in [-0.1, -0.05) is 18.2 Å². The summed E-state index contributed by atoms with van der Waals surface area (Å²) in [5.74, 6) is -0.875. The van der Waals surface area contributed by atoms with Crippen LogP contribution in [0.3, 0.4) is 0 Å². The molecule has 0 bridgehead atoms. The number of carbonyl (C=O) groups is 2. The van der Waals surface area contributed by atoms with Gasteiger partial charge in [0.2, 0.25) is 5.91 Å². The second-order valence-corrected chi connectivity index (χ2v) is 5.00. The first-order valence-corrected chi connectivity index (χ1v) is 6.54. The maximum absolute atomic E-state index is 11.8. The first-order chi connectivity index (χ1) is 9.49. The number of para-hydroxylation sites is 1. The second-order valence-electron chi connectivity index (χ2n) is 5.00. The number of carbonyl (C=O) groups excluding carboxylic acids is 1. The van der Waals surface area contributed by atoms with Gasteiger partial charge in [-0.05, 0) is 11.6 Å². The summed E-state index contributed by atoms with van der Waals surface area (Å²) in [5.41, 5.74) is 7.58. The van der Waals surface area contributed by atoms with E-state index in [1.807, 2.05) is 29.2 Å². The van der Waals surface area contributed by atoms with Gasteiger partial charge in [0.15, 0.2) is 0 Å². The van der Waals surface area contributed by atoms with Crippen LogP contribution in [0.5, 0.6) is 0 Å². The number of nitrogens with two attached hydrogens (primary N) is 1. The summed E-state index contributed by atoms with van der Waals surface area (Å²) in [7, 11) is 1.78. The van der Waals surface area contributed by atoms with Gasteiger partial charge in [0.25, 0.3) is 0 Å². The Morgan fingerprint density at radius 1 is 1.40 bits per heavy atom. The first kappa shape index (κ1) is 14.3. The highest BCUT2D eigenvalue weighted by molar-refractivity contribution is 5.83. The van der Waals surface area contributed by atoms with Crippen molar-refractivity contribution in [3.63, 3.8) is 0 Å². The van der Waals surface area contributed by atoms with E-state index >= 15 is 0 Å². The number of benzene rings is 1. The van der Waals surface area contributed by atoms with Crippen LogP contribution in [0.4, 0.5) is 5.69 Å². The van der Waals surface area contributed by atoms with Crippen LogP contribution < -0.4 is 10.6 Å². The largest absolute Gasteiger partial charge is 0.481 e. The molecule has 0 radical (unpaired) electrons. The van der Waals surface area contributed by atoms with Crippen LogP contribution >= 0.6 is 0 Å². The Hall–Kier alpha value is -2.08. The lowest BCUT2D eigenvalue weighted by Gasteiger charge is -2.35. The third-order valence-electron chi connectivity index (χ3n) is 3.53. The van der Waals surface area contributed by atoms with Gasteiger partial charge in [0.1, 0.15) is 0 Å². The number of anilines is 1. The predicted molar refractivity (Wildman–Crippen MR) is 75.5 cm³/mol. The fraction of sp³-hybridized carbons (Fsp3) is 0.429. The number of carboxylic acids is 1. The standard InChI is InChI=1S/C14H19N3O3/c1-16-6-7-17(9-13(16)18)12-5-3-2-4-10(12)11(15)8-14(19)20/h2-5,11H,6-9,15H2,1H3,(H,19,20). The van der Waals surface area contributed by atoms with Crippen molar-refractivity contribution in [2.24, 2.45) is 5.73 Å². The highest BCUT2D eigenvalue weighted by atomic mass is 16.4. The minimum atomic E-state index is -0.929. The molecule has 3 N–H and O–H groups in total. The predicted octanol–water partition coefficient (Wildman–Crippen LogP) is 0.440. The monoisotopic (exact) mass is 277 g/mol. The van der Waals surface area contributed by atoms with Crippen molar-refractivity contribution in [2.45, 2.75) is 12.5 Å². The van der Waals surface area contributed by atoms with Gasteiger partial charge < -0.3 is 20.6 Å². The number of amides is 1. The Morgan fingerprint density at radius 2 is 2.10 bits per heavy atom. The Bertz CT molecular complexity index is 518. The third kappa shape index (κ3) is 3.08. The highest BCUT2D eigenvalue weighted by Gasteiger charge is 2.24. The number of piperazine rings is 1. The Morgan fingerprint density at radius 3 is 2.75 bits per heavy atom. The number of likely N-dealkylation sites (N-methyl/N-ethyl adjacent to an activating group) is 1. The van der Waals surface area contributed by atoms with Gasteiger partial charge in [0.05, 0.1) is 13.0 Å². The lowest BCUT2D eigenvalue weighted by molar-refractivity contribution is -0.137. The van der Waals surface area contributed by atoms with E-state index in [2.05, 4.69) is 0 Å². The van der Waals surface area contributed by atoms with Gasteiger partial charge in [-0.25, -0.2) is 0 Å². The van der Waals surface area contributed by atoms with Crippen molar-refractivity contribution >= 4 is 17.6 Å². The molecule has 1 amide bonds. The lowest BCUT2D eigenvalue weighted by atomic mass is 10.0. The zero-order valence-corrected chi connectivity index (χ0v) is 11.5. The molecule has 108 valence electrons. The molecular formula is C14H19N3O3. The van der Waals surface area contributed by atoms with Crippen molar-refractivity contribution in [2.75, 3.05) is 31.6 Å². The summed E-state index contributed by atoms with van der Waals surface area (Å²) in [4.78, 5) is 26.3. The summed E-state index contributed by atoms with van der Waals surface area (Å²) in [6.45, 7) is 1.67. The molecule has 20 heavy (non-hydrogen) atoms. The molecule has 1 aliphatic rings. The molecule has 1 saturated heterocycles. The van der Waals surface area contributed by atoms with Gasteiger partial charge in [-0.15, -0.1) is 0 Å². The number of hydrogen-bond donors (Lipinski definition) is 2. The maximum atomic E-state index is 11.8. The Labute approximate surface area is 117 Å². The van der Waals surface area contributed by atoms with E-state index in [0.717, 1.165) is 17.8 Å². The molecule has 0 saturated carbocycles. The Kier molecular flexibility index (Phi) is 4.24. The summed E-state index contributed by atoms with van der Waals surface area (Å²) in [5, 5.41) is 8.87. The number of nitrogens with zero attached hydrogens (tertiary/aromatic N) is 2. The van der Waals surface area contributed by atoms with E-state index in [-0.39, 0.29) is 12.3 Å². The topological polar surface area (TPSA) is 86.9 Å². The van der Waals surface area contributed by atoms with Crippen LogP contribution in [0.1, 0.15) is 18.0 Å². The van der Waals surface area contributed by atoms with E-state index in [1.54, 1.807) is 11.9 Å². The van der Waals surface area contributed by atoms with Crippen LogP contribution in [0.25, 0.3) is 0 Å². The summed E-state index contributed by atoms with van der Waals surface area (Å²) in [6, 6.07) is 6.84. The summed E-state index contributed by atoms with van der Waals surface area (Å²) < 4.78 is 0. The van der Waals surface area contributed by atoms with Gasteiger partial charge in [0, 0.05) is 31.9 Å². The lowest BCUT2D eigenvalue weighted by Crippen LogP contribution is -2.49. The maximum Gasteiger partial charge on any atom is 0.305 e. The van der Waals surface area contributed by atoms with Crippen LogP contribution in [0, 0.1) is 0 Å². The minimum Gasteiger partial charge on any atom is -0.481 e. The van der Waals surface area contributed by atoms with E-state index in [9.17, 15) is 9.59 Å². The smallest absolute Gasteiger partial charge is 0.305 e. The van der Waals surface area contributed by atoms with Crippen LogP contribution in [-0.2, 0) is 9.59 Å². The van der Waals surface area contributed by atoms with Crippen molar-refractivity contribution in [1.82, 2.24) is 4.90 Å². The Balaban J connectivity index is 2.23. The van der Waals surface area contributed by atoms with Gasteiger partial charge in [-0.2, -0.15) is 0 Å². The molecule has 6 heteroatoms. The fourth-order valence-electron chi connectivity index (χ4n) is 2.35. The average molecular weight is 277 g/mol. The van der Waals surface area contributed by atoms with E-state index in [1.165, 1.54) is 0 Å². The molecule has 6 nitrogen and oxygen atoms in total. The molecule has 0 aromatic heterocycles. The second kappa shape index (κ2) is 5.92. The molecule has 1 fully saturated rings.